The van der Waals surface area contributed by atoms with Crippen LogP contribution in [-0.4, -0.2) is 12.5 Å². The van der Waals surface area contributed by atoms with Gasteiger partial charge in [-0.05, 0) is 6.42 Å². The van der Waals surface area contributed by atoms with Crippen molar-refractivity contribution in [1.82, 2.24) is 5.32 Å². The van der Waals surface area contributed by atoms with E-state index < -0.39 is 0 Å². The molecule has 2 heteroatoms. The molecule has 86 valence electrons. The fraction of sp³-hybridized carbons (Fsp3) is 0.769. The van der Waals surface area contributed by atoms with Crippen LogP contribution in [0.4, 0.5) is 0 Å². The van der Waals surface area contributed by atoms with Crippen molar-refractivity contribution in [3.63, 3.8) is 0 Å². The average molecular weight is 209 g/mol. The molecule has 0 radical (unpaired) electrons. The summed E-state index contributed by atoms with van der Waals surface area (Å²) in [6, 6.07) is 0. The summed E-state index contributed by atoms with van der Waals surface area (Å²) in [5.41, 5.74) is 0. The fourth-order valence-electron chi connectivity index (χ4n) is 1.43. The quantitative estimate of drug-likeness (QED) is 0.459. The molecule has 15 heavy (non-hydrogen) atoms. The monoisotopic (exact) mass is 209 g/mol. The molecule has 1 amide bonds. The van der Waals surface area contributed by atoms with Gasteiger partial charge < -0.3 is 5.32 Å². The minimum atomic E-state index is 0.140. The molecular formula is C13H23NO. The molecule has 0 aliphatic carbocycles. The van der Waals surface area contributed by atoms with Crippen molar-refractivity contribution >= 4 is 5.91 Å². The average Bonchev–Trinajstić information content (AvgIpc) is 2.23. The molecule has 0 rings (SSSR count). The maximum absolute atomic E-state index is 11.2. The second-order valence-electron chi connectivity index (χ2n) is 3.82. The Morgan fingerprint density at radius 2 is 1.87 bits per heavy atom. The van der Waals surface area contributed by atoms with Crippen LogP contribution in [0.5, 0.6) is 0 Å². The van der Waals surface area contributed by atoms with E-state index in [9.17, 15) is 4.79 Å². The lowest BCUT2D eigenvalue weighted by Crippen LogP contribution is -2.23. The highest BCUT2D eigenvalue weighted by Gasteiger charge is 1.99. The van der Waals surface area contributed by atoms with Crippen LogP contribution in [-0.2, 0) is 4.79 Å². The normalized spacial score (nSPS) is 9.60. The zero-order valence-corrected chi connectivity index (χ0v) is 9.85. The molecule has 0 aromatic heterocycles. The van der Waals surface area contributed by atoms with Gasteiger partial charge in [0.25, 0.3) is 0 Å². The molecule has 0 unspecified atom stereocenters. The van der Waals surface area contributed by atoms with E-state index in [2.05, 4.69) is 18.2 Å². The molecule has 0 saturated heterocycles. The van der Waals surface area contributed by atoms with Crippen LogP contribution in [0.2, 0.25) is 0 Å². The zero-order valence-electron chi connectivity index (χ0n) is 9.85. The smallest absolute Gasteiger partial charge is 0.220 e. The van der Waals surface area contributed by atoms with Crippen LogP contribution in [0.15, 0.2) is 0 Å². The first-order valence-electron chi connectivity index (χ1n) is 6.01. The lowest BCUT2D eigenvalue weighted by atomic mass is 10.1. The van der Waals surface area contributed by atoms with Crippen molar-refractivity contribution in [2.24, 2.45) is 0 Å². The SMILES string of the molecule is C#CCCNC(=O)CCCCCCCC. The molecule has 0 fully saturated rings. The summed E-state index contributed by atoms with van der Waals surface area (Å²) in [4.78, 5) is 11.2. The number of amides is 1. The highest BCUT2D eigenvalue weighted by atomic mass is 16.1. The van der Waals surface area contributed by atoms with Gasteiger partial charge in [-0.15, -0.1) is 12.3 Å². The van der Waals surface area contributed by atoms with Gasteiger partial charge in [0.2, 0.25) is 5.91 Å². The summed E-state index contributed by atoms with van der Waals surface area (Å²) in [5.74, 6) is 2.64. The Labute approximate surface area is 93.8 Å². The summed E-state index contributed by atoms with van der Waals surface area (Å²) in [6.45, 7) is 2.82. The van der Waals surface area contributed by atoms with Gasteiger partial charge in [0.1, 0.15) is 0 Å². The van der Waals surface area contributed by atoms with Gasteiger partial charge >= 0.3 is 0 Å². The molecule has 0 spiro atoms. The predicted molar refractivity (Wildman–Crippen MR) is 64.5 cm³/mol. The second-order valence-corrected chi connectivity index (χ2v) is 3.82. The number of terminal acetylenes is 1. The molecule has 0 aromatic rings. The molecule has 1 N–H and O–H groups in total. The molecule has 0 aliphatic heterocycles. The minimum Gasteiger partial charge on any atom is -0.355 e. The Morgan fingerprint density at radius 1 is 1.20 bits per heavy atom. The summed E-state index contributed by atoms with van der Waals surface area (Å²) in [6.07, 6.45) is 13.7. The van der Waals surface area contributed by atoms with Crippen LogP contribution in [0.25, 0.3) is 0 Å². The van der Waals surface area contributed by atoms with Crippen LogP contribution in [0.3, 0.4) is 0 Å². The maximum atomic E-state index is 11.2. The van der Waals surface area contributed by atoms with E-state index in [1.54, 1.807) is 0 Å². The zero-order chi connectivity index (χ0) is 11.4. The first kappa shape index (κ1) is 14.0. The van der Waals surface area contributed by atoms with Crippen LogP contribution < -0.4 is 5.32 Å². The summed E-state index contributed by atoms with van der Waals surface area (Å²) in [7, 11) is 0. The summed E-state index contributed by atoms with van der Waals surface area (Å²) >= 11 is 0. The standard InChI is InChI=1S/C13H23NO/c1-3-5-7-8-9-10-11-13(15)14-12-6-4-2/h2H,3,5-12H2,1H3,(H,14,15). The largest absolute Gasteiger partial charge is 0.355 e. The van der Waals surface area contributed by atoms with Gasteiger partial charge in [-0.2, -0.15) is 0 Å². The molecule has 0 saturated carbocycles. The Hall–Kier alpha value is -0.970. The third-order valence-corrected chi connectivity index (χ3v) is 2.35. The molecule has 0 atom stereocenters. The van der Waals surface area contributed by atoms with E-state index in [-0.39, 0.29) is 5.91 Å². The highest BCUT2D eigenvalue weighted by molar-refractivity contribution is 5.75. The molecule has 0 aromatic carbocycles. The van der Waals surface area contributed by atoms with Gasteiger partial charge in [0, 0.05) is 19.4 Å². The molecule has 2 nitrogen and oxygen atoms in total. The van der Waals surface area contributed by atoms with Gasteiger partial charge in [-0.1, -0.05) is 39.0 Å². The van der Waals surface area contributed by atoms with Gasteiger partial charge in [-0.3, -0.25) is 4.79 Å². The number of hydrogen-bond donors (Lipinski definition) is 1. The van der Waals surface area contributed by atoms with Gasteiger partial charge in [0.15, 0.2) is 0 Å². The molecular weight excluding hydrogens is 186 g/mol. The number of unbranched alkanes of at least 4 members (excludes halogenated alkanes) is 5. The third kappa shape index (κ3) is 11.0. The van der Waals surface area contributed by atoms with Crippen molar-refractivity contribution in [3.8, 4) is 12.3 Å². The Balaban J connectivity index is 3.14. The highest BCUT2D eigenvalue weighted by Crippen LogP contribution is 2.06. The van der Waals surface area contributed by atoms with E-state index in [4.69, 9.17) is 6.42 Å². The fourth-order valence-corrected chi connectivity index (χ4v) is 1.43. The minimum absolute atomic E-state index is 0.140. The van der Waals surface area contributed by atoms with E-state index >= 15 is 0 Å². The number of carbonyl (C=O) groups is 1. The lowest BCUT2D eigenvalue weighted by Gasteiger charge is -2.02. The number of carbonyl (C=O) groups excluding carboxylic acids is 1. The summed E-state index contributed by atoms with van der Waals surface area (Å²) < 4.78 is 0. The maximum Gasteiger partial charge on any atom is 0.220 e. The van der Waals surface area contributed by atoms with Crippen molar-refractivity contribution in [2.75, 3.05) is 6.54 Å². The van der Waals surface area contributed by atoms with E-state index in [1.807, 2.05) is 0 Å². The Bertz CT molecular complexity index is 193. The number of nitrogens with one attached hydrogen (secondary N) is 1. The van der Waals surface area contributed by atoms with Crippen LogP contribution in [0, 0.1) is 12.3 Å². The summed E-state index contributed by atoms with van der Waals surface area (Å²) in [5, 5.41) is 2.80. The first-order valence-corrected chi connectivity index (χ1v) is 6.01. The Kier molecular flexibility index (Phi) is 10.4. The van der Waals surface area contributed by atoms with Gasteiger partial charge in [-0.25, -0.2) is 0 Å². The molecule has 0 heterocycles. The van der Waals surface area contributed by atoms with Crippen molar-refractivity contribution in [2.45, 2.75) is 58.3 Å². The van der Waals surface area contributed by atoms with Crippen LogP contribution in [0.1, 0.15) is 58.3 Å². The number of rotatable bonds is 9. The molecule has 0 aliphatic rings. The van der Waals surface area contributed by atoms with Gasteiger partial charge in [0.05, 0.1) is 0 Å². The van der Waals surface area contributed by atoms with E-state index in [1.165, 1.54) is 32.1 Å². The molecule has 0 bridgehead atoms. The number of hydrogen-bond acceptors (Lipinski definition) is 1. The third-order valence-electron chi connectivity index (χ3n) is 2.35. The lowest BCUT2D eigenvalue weighted by molar-refractivity contribution is -0.121. The van der Waals surface area contributed by atoms with E-state index in [0.717, 1.165) is 6.42 Å². The predicted octanol–water partition coefficient (Wildman–Crippen LogP) is 2.88. The second kappa shape index (κ2) is 11.1. The van der Waals surface area contributed by atoms with Crippen molar-refractivity contribution < 1.29 is 4.79 Å². The van der Waals surface area contributed by atoms with Crippen molar-refractivity contribution in [3.05, 3.63) is 0 Å². The topological polar surface area (TPSA) is 29.1 Å². The Morgan fingerprint density at radius 3 is 2.53 bits per heavy atom. The van der Waals surface area contributed by atoms with Crippen LogP contribution >= 0.6 is 0 Å². The first-order chi connectivity index (χ1) is 7.31. The van der Waals surface area contributed by atoms with Crippen molar-refractivity contribution in [1.29, 1.82) is 0 Å². The van der Waals surface area contributed by atoms with E-state index in [0.29, 0.717) is 19.4 Å².